The smallest absolute Gasteiger partial charge is 0.131 e. The topological polar surface area (TPSA) is 36.3 Å². The molecule has 1 aromatic carbocycles. The number of benzene rings is 1. The minimum Gasteiger partial charge on any atom is -0.494 e. The first kappa shape index (κ1) is 14.9. The molecule has 0 aliphatic rings. The standard InChI is InChI=1S/C15H19BrN2O2/c1-4-13-15(16)14(18(3)17-13)10-20-12-8-6-11(7-9-12)19-5-2/h6-9H,4-5,10H2,1-3H3. The number of rotatable bonds is 6. The Morgan fingerprint density at radius 3 is 2.20 bits per heavy atom. The number of ether oxygens (including phenoxy) is 2. The van der Waals surface area contributed by atoms with Crippen LogP contribution in [0.15, 0.2) is 28.7 Å². The van der Waals surface area contributed by atoms with Gasteiger partial charge in [-0.25, -0.2) is 0 Å². The average molecular weight is 339 g/mol. The van der Waals surface area contributed by atoms with Crippen molar-refractivity contribution in [2.75, 3.05) is 6.61 Å². The Kier molecular flexibility index (Phi) is 5.06. The molecular weight excluding hydrogens is 320 g/mol. The van der Waals surface area contributed by atoms with Gasteiger partial charge in [-0.05, 0) is 53.5 Å². The van der Waals surface area contributed by atoms with Gasteiger partial charge < -0.3 is 9.47 Å². The van der Waals surface area contributed by atoms with Crippen molar-refractivity contribution in [1.82, 2.24) is 9.78 Å². The number of nitrogens with zero attached hydrogens (tertiary/aromatic N) is 2. The summed E-state index contributed by atoms with van der Waals surface area (Å²) in [5, 5.41) is 4.45. The zero-order valence-electron chi connectivity index (χ0n) is 12.0. The lowest BCUT2D eigenvalue weighted by Crippen LogP contribution is -2.03. The molecule has 2 rings (SSSR count). The Morgan fingerprint density at radius 1 is 1.10 bits per heavy atom. The molecule has 0 spiro atoms. The third-order valence-corrected chi connectivity index (χ3v) is 3.93. The second kappa shape index (κ2) is 6.79. The van der Waals surface area contributed by atoms with Crippen LogP contribution in [0.2, 0.25) is 0 Å². The predicted octanol–water partition coefficient (Wildman–Crippen LogP) is 3.72. The minimum absolute atomic E-state index is 0.484. The summed E-state index contributed by atoms with van der Waals surface area (Å²) in [4.78, 5) is 0. The maximum atomic E-state index is 5.80. The van der Waals surface area contributed by atoms with Gasteiger partial charge in [0.1, 0.15) is 18.1 Å². The van der Waals surface area contributed by atoms with Gasteiger partial charge in [0, 0.05) is 7.05 Å². The third kappa shape index (κ3) is 3.33. The second-order valence-corrected chi connectivity index (χ2v) is 5.17. The summed E-state index contributed by atoms with van der Waals surface area (Å²) >= 11 is 3.58. The molecule has 0 amide bonds. The van der Waals surface area contributed by atoms with Gasteiger partial charge in [0.2, 0.25) is 0 Å². The zero-order valence-corrected chi connectivity index (χ0v) is 13.6. The van der Waals surface area contributed by atoms with Crippen LogP contribution >= 0.6 is 15.9 Å². The van der Waals surface area contributed by atoms with Crippen LogP contribution in [0.4, 0.5) is 0 Å². The Morgan fingerprint density at radius 2 is 1.70 bits per heavy atom. The molecule has 1 aromatic heterocycles. The van der Waals surface area contributed by atoms with Crippen molar-refractivity contribution in [3.63, 3.8) is 0 Å². The predicted molar refractivity (Wildman–Crippen MR) is 82.2 cm³/mol. The molecule has 0 atom stereocenters. The fourth-order valence-electron chi connectivity index (χ4n) is 1.93. The van der Waals surface area contributed by atoms with E-state index >= 15 is 0 Å². The second-order valence-electron chi connectivity index (χ2n) is 4.38. The Balaban J connectivity index is 2.03. The number of hydrogen-bond acceptors (Lipinski definition) is 3. The minimum atomic E-state index is 0.484. The molecule has 20 heavy (non-hydrogen) atoms. The zero-order chi connectivity index (χ0) is 14.5. The fraction of sp³-hybridized carbons (Fsp3) is 0.400. The third-order valence-electron chi connectivity index (χ3n) is 3.01. The summed E-state index contributed by atoms with van der Waals surface area (Å²) in [5.41, 5.74) is 2.09. The fourth-order valence-corrected chi connectivity index (χ4v) is 2.66. The molecule has 0 aliphatic heterocycles. The first-order valence-electron chi connectivity index (χ1n) is 6.71. The highest BCUT2D eigenvalue weighted by atomic mass is 79.9. The molecule has 0 N–H and O–H groups in total. The van der Waals surface area contributed by atoms with E-state index in [0.717, 1.165) is 33.8 Å². The van der Waals surface area contributed by atoms with Crippen LogP contribution in [0, 0.1) is 0 Å². The number of halogens is 1. The molecule has 1 heterocycles. The Bertz CT molecular complexity index is 564. The first-order valence-corrected chi connectivity index (χ1v) is 7.50. The van der Waals surface area contributed by atoms with Crippen molar-refractivity contribution in [2.45, 2.75) is 26.9 Å². The molecule has 0 saturated carbocycles. The summed E-state index contributed by atoms with van der Waals surface area (Å²) in [6.07, 6.45) is 0.900. The van der Waals surface area contributed by atoms with Crippen LogP contribution in [0.1, 0.15) is 25.2 Å². The summed E-state index contributed by atoms with van der Waals surface area (Å²) in [6, 6.07) is 7.65. The van der Waals surface area contributed by atoms with Crippen molar-refractivity contribution in [2.24, 2.45) is 7.05 Å². The van der Waals surface area contributed by atoms with Gasteiger partial charge in [-0.2, -0.15) is 5.10 Å². The molecule has 0 saturated heterocycles. The molecule has 0 bridgehead atoms. The lowest BCUT2D eigenvalue weighted by atomic mass is 10.3. The SMILES string of the molecule is CCOc1ccc(OCc2c(Br)c(CC)nn2C)cc1. The maximum Gasteiger partial charge on any atom is 0.131 e. The van der Waals surface area contributed by atoms with Crippen molar-refractivity contribution in [3.05, 3.63) is 40.1 Å². The van der Waals surface area contributed by atoms with Crippen LogP contribution in [0.25, 0.3) is 0 Å². The van der Waals surface area contributed by atoms with E-state index in [9.17, 15) is 0 Å². The highest BCUT2D eigenvalue weighted by Gasteiger charge is 2.12. The summed E-state index contributed by atoms with van der Waals surface area (Å²) in [7, 11) is 1.93. The van der Waals surface area contributed by atoms with Gasteiger partial charge in [0.15, 0.2) is 0 Å². The Labute approximate surface area is 127 Å². The number of aromatic nitrogens is 2. The van der Waals surface area contributed by atoms with Crippen LogP contribution in [0.5, 0.6) is 11.5 Å². The molecule has 0 fully saturated rings. The normalized spacial score (nSPS) is 10.6. The van der Waals surface area contributed by atoms with Crippen LogP contribution in [-0.2, 0) is 20.1 Å². The van der Waals surface area contributed by atoms with Crippen molar-refractivity contribution >= 4 is 15.9 Å². The first-order chi connectivity index (χ1) is 9.65. The van der Waals surface area contributed by atoms with Crippen LogP contribution in [0.3, 0.4) is 0 Å². The van der Waals surface area contributed by atoms with Gasteiger partial charge >= 0.3 is 0 Å². The molecule has 0 unspecified atom stereocenters. The Hall–Kier alpha value is -1.49. The van der Waals surface area contributed by atoms with Gasteiger partial charge in [-0.1, -0.05) is 6.92 Å². The quantitative estimate of drug-likeness (QED) is 0.805. The number of aryl methyl sites for hydroxylation is 2. The van der Waals surface area contributed by atoms with Crippen LogP contribution in [-0.4, -0.2) is 16.4 Å². The summed E-state index contributed by atoms with van der Waals surface area (Å²) in [5.74, 6) is 1.68. The van der Waals surface area contributed by atoms with Gasteiger partial charge in [0.25, 0.3) is 0 Å². The van der Waals surface area contributed by atoms with Crippen molar-refractivity contribution < 1.29 is 9.47 Å². The van der Waals surface area contributed by atoms with Gasteiger partial charge in [0.05, 0.1) is 22.5 Å². The highest BCUT2D eigenvalue weighted by Crippen LogP contribution is 2.24. The average Bonchev–Trinajstić information content (AvgIpc) is 2.73. The molecule has 0 aliphatic carbocycles. The van der Waals surface area contributed by atoms with E-state index < -0.39 is 0 Å². The molecule has 0 radical (unpaired) electrons. The van der Waals surface area contributed by atoms with E-state index in [2.05, 4.69) is 28.0 Å². The molecule has 5 heteroatoms. The number of hydrogen-bond donors (Lipinski definition) is 0. The monoisotopic (exact) mass is 338 g/mol. The van der Waals surface area contributed by atoms with Gasteiger partial charge in [-0.15, -0.1) is 0 Å². The maximum absolute atomic E-state index is 5.80. The van der Waals surface area contributed by atoms with E-state index in [4.69, 9.17) is 9.47 Å². The lowest BCUT2D eigenvalue weighted by molar-refractivity contribution is 0.292. The summed E-state index contributed by atoms with van der Waals surface area (Å²) < 4.78 is 14.1. The van der Waals surface area contributed by atoms with Crippen LogP contribution < -0.4 is 9.47 Å². The van der Waals surface area contributed by atoms with Crippen molar-refractivity contribution in [1.29, 1.82) is 0 Å². The van der Waals surface area contributed by atoms with E-state index in [1.54, 1.807) is 0 Å². The van der Waals surface area contributed by atoms with E-state index in [-0.39, 0.29) is 0 Å². The molecular formula is C15H19BrN2O2. The largest absolute Gasteiger partial charge is 0.494 e. The van der Waals surface area contributed by atoms with E-state index in [0.29, 0.717) is 13.2 Å². The van der Waals surface area contributed by atoms with E-state index in [1.165, 1.54) is 0 Å². The van der Waals surface area contributed by atoms with Gasteiger partial charge in [-0.3, -0.25) is 4.68 Å². The van der Waals surface area contributed by atoms with E-state index in [1.807, 2.05) is 42.9 Å². The van der Waals surface area contributed by atoms with Crippen molar-refractivity contribution in [3.8, 4) is 11.5 Å². The summed E-state index contributed by atoms with van der Waals surface area (Å²) in [6.45, 7) is 5.21. The highest BCUT2D eigenvalue weighted by molar-refractivity contribution is 9.10. The molecule has 2 aromatic rings. The molecule has 4 nitrogen and oxygen atoms in total. The molecule has 108 valence electrons. The lowest BCUT2D eigenvalue weighted by Gasteiger charge is -2.08.